The van der Waals surface area contributed by atoms with Crippen LogP contribution in [0.4, 0.5) is 0 Å². The highest BCUT2D eigenvalue weighted by atomic mass is 16.3. The van der Waals surface area contributed by atoms with Gasteiger partial charge in [-0.1, -0.05) is 31.0 Å². The minimum Gasteiger partial charge on any atom is -0.390 e. The van der Waals surface area contributed by atoms with Gasteiger partial charge >= 0.3 is 0 Å². The van der Waals surface area contributed by atoms with Gasteiger partial charge in [-0.25, -0.2) is 0 Å². The first kappa shape index (κ1) is 16.7. The topological polar surface area (TPSA) is 67.1 Å². The van der Waals surface area contributed by atoms with Gasteiger partial charge in [-0.05, 0) is 61.7 Å². The summed E-state index contributed by atoms with van der Waals surface area (Å²) < 4.78 is 1.83. The molecule has 25 heavy (non-hydrogen) atoms. The molecule has 1 aromatic heterocycles. The lowest BCUT2D eigenvalue weighted by molar-refractivity contribution is -0.0631. The largest absolute Gasteiger partial charge is 0.390 e. The monoisotopic (exact) mass is 341 g/mol. The van der Waals surface area contributed by atoms with Crippen LogP contribution in [0.1, 0.15) is 51.3 Å². The van der Waals surface area contributed by atoms with Gasteiger partial charge in [-0.3, -0.25) is 4.90 Å². The quantitative estimate of drug-likeness (QED) is 0.926. The van der Waals surface area contributed by atoms with E-state index < -0.39 is 5.60 Å². The summed E-state index contributed by atoms with van der Waals surface area (Å²) in [7, 11) is 0. The summed E-state index contributed by atoms with van der Waals surface area (Å²) >= 11 is 0. The van der Waals surface area contributed by atoms with Crippen molar-refractivity contribution in [3.63, 3.8) is 0 Å². The van der Waals surface area contributed by atoms with Crippen molar-refractivity contribution in [2.45, 2.75) is 63.6 Å². The molecule has 0 bridgehead atoms. The third-order valence-electron chi connectivity index (χ3n) is 6.00. The van der Waals surface area contributed by atoms with E-state index in [4.69, 9.17) is 0 Å². The predicted molar refractivity (Wildman–Crippen MR) is 95.2 cm³/mol. The van der Waals surface area contributed by atoms with Crippen molar-refractivity contribution < 1.29 is 5.11 Å². The van der Waals surface area contributed by atoms with E-state index >= 15 is 0 Å². The number of likely N-dealkylation sites (tertiary alicyclic amines) is 1. The molecule has 0 radical (unpaired) electrons. The molecule has 1 aliphatic carbocycles. The number of aliphatic hydroxyl groups is 1. The van der Waals surface area contributed by atoms with Crippen molar-refractivity contribution in [1.82, 2.24) is 25.1 Å². The Morgan fingerprint density at radius 2 is 2.00 bits per heavy atom. The van der Waals surface area contributed by atoms with Crippen molar-refractivity contribution in [1.29, 1.82) is 0 Å². The molecular formula is C19H27N5O. The lowest BCUT2D eigenvalue weighted by Gasteiger charge is -2.43. The average molecular weight is 341 g/mol. The molecule has 2 heterocycles. The molecule has 134 valence electrons. The fourth-order valence-electron chi connectivity index (χ4n) is 4.71. The Labute approximate surface area is 148 Å². The summed E-state index contributed by atoms with van der Waals surface area (Å²) in [5.74, 6) is 1.22. The minimum atomic E-state index is -0.545. The maximum atomic E-state index is 10.9. The van der Waals surface area contributed by atoms with E-state index in [9.17, 15) is 5.11 Å². The number of tetrazole rings is 1. The number of rotatable bonds is 4. The standard InChI is InChI=1S/C19H27N5O/c1-19(25)12-6-5-10-16(19)17-11-7-13-23(17)14-18-20-21-22-24(18)15-8-3-2-4-9-15/h2-4,8-9,16-17,25H,5-7,10-14H2,1H3/t16-,17-,19+/m1/s1. The van der Waals surface area contributed by atoms with E-state index in [0.29, 0.717) is 12.0 Å². The van der Waals surface area contributed by atoms with Crippen molar-refractivity contribution in [3.05, 3.63) is 36.2 Å². The third kappa shape index (κ3) is 3.33. The summed E-state index contributed by atoms with van der Waals surface area (Å²) in [6.45, 7) is 3.82. The number of para-hydroxylation sites is 1. The molecule has 1 aliphatic heterocycles. The smallest absolute Gasteiger partial charge is 0.170 e. The number of hydrogen-bond acceptors (Lipinski definition) is 5. The molecule has 6 nitrogen and oxygen atoms in total. The fourth-order valence-corrected chi connectivity index (χ4v) is 4.71. The van der Waals surface area contributed by atoms with Gasteiger partial charge in [0.1, 0.15) is 0 Å². The number of benzene rings is 1. The Hall–Kier alpha value is -1.79. The summed E-state index contributed by atoms with van der Waals surface area (Å²) in [6, 6.07) is 10.5. The van der Waals surface area contributed by atoms with Crippen LogP contribution in [-0.4, -0.2) is 48.4 Å². The second kappa shape index (κ2) is 6.84. The van der Waals surface area contributed by atoms with Crippen LogP contribution in [0.2, 0.25) is 0 Å². The van der Waals surface area contributed by atoms with Gasteiger partial charge in [0, 0.05) is 12.0 Å². The molecule has 6 heteroatoms. The van der Waals surface area contributed by atoms with Crippen LogP contribution >= 0.6 is 0 Å². The highest BCUT2D eigenvalue weighted by molar-refractivity contribution is 5.30. The Balaban J connectivity index is 1.54. The van der Waals surface area contributed by atoms with Crippen molar-refractivity contribution >= 4 is 0 Å². The summed E-state index contributed by atoms with van der Waals surface area (Å²) in [5, 5.41) is 23.2. The number of hydrogen-bond donors (Lipinski definition) is 1. The van der Waals surface area contributed by atoms with Gasteiger partial charge in [0.05, 0.1) is 17.8 Å². The van der Waals surface area contributed by atoms with Crippen LogP contribution < -0.4 is 0 Å². The minimum absolute atomic E-state index is 0.352. The molecule has 4 rings (SSSR count). The van der Waals surface area contributed by atoms with Crippen LogP contribution in [0.5, 0.6) is 0 Å². The summed E-state index contributed by atoms with van der Waals surface area (Å²) in [4.78, 5) is 2.48. The Kier molecular flexibility index (Phi) is 4.56. The van der Waals surface area contributed by atoms with Gasteiger partial charge in [0.15, 0.2) is 5.82 Å². The van der Waals surface area contributed by atoms with E-state index in [2.05, 4.69) is 20.4 Å². The average Bonchev–Trinajstić information content (AvgIpc) is 3.25. The molecule has 1 saturated carbocycles. The van der Waals surface area contributed by atoms with Crippen LogP contribution in [0.3, 0.4) is 0 Å². The van der Waals surface area contributed by atoms with E-state index in [1.807, 2.05) is 41.9 Å². The molecule has 0 spiro atoms. The second-order valence-electron chi connectivity index (χ2n) is 7.73. The normalized spacial score (nSPS) is 30.6. The van der Waals surface area contributed by atoms with Crippen molar-refractivity contribution in [2.75, 3.05) is 6.54 Å². The van der Waals surface area contributed by atoms with Crippen LogP contribution in [-0.2, 0) is 6.54 Å². The maximum absolute atomic E-state index is 10.9. The summed E-state index contributed by atoms with van der Waals surface area (Å²) in [6.07, 6.45) is 6.76. The van der Waals surface area contributed by atoms with Crippen LogP contribution in [0, 0.1) is 5.92 Å². The first-order valence-corrected chi connectivity index (χ1v) is 9.44. The molecular weight excluding hydrogens is 314 g/mol. The molecule has 1 aromatic carbocycles. The predicted octanol–water partition coefficient (Wildman–Crippen LogP) is 2.57. The first-order chi connectivity index (χ1) is 12.1. The van der Waals surface area contributed by atoms with E-state index in [1.165, 1.54) is 12.8 Å². The zero-order chi connectivity index (χ0) is 17.3. The Morgan fingerprint density at radius 3 is 2.80 bits per heavy atom. The molecule has 2 fully saturated rings. The van der Waals surface area contributed by atoms with E-state index in [-0.39, 0.29) is 0 Å². The van der Waals surface area contributed by atoms with E-state index in [1.54, 1.807) is 0 Å². The maximum Gasteiger partial charge on any atom is 0.170 e. The van der Waals surface area contributed by atoms with Gasteiger partial charge in [-0.15, -0.1) is 5.10 Å². The molecule has 2 aromatic rings. The molecule has 0 amide bonds. The van der Waals surface area contributed by atoms with Crippen LogP contribution in [0.15, 0.2) is 30.3 Å². The molecule has 0 unspecified atom stereocenters. The highest BCUT2D eigenvalue weighted by Crippen LogP contribution is 2.41. The SMILES string of the molecule is C[C@]1(O)CCCC[C@@H]1[C@H]1CCCN1Cc1nnnn1-c1ccccc1. The van der Waals surface area contributed by atoms with Gasteiger partial charge in [-0.2, -0.15) is 4.68 Å². The molecule has 2 aliphatic rings. The Bertz CT molecular complexity index is 699. The zero-order valence-corrected chi connectivity index (χ0v) is 14.9. The molecule has 1 N–H and O–H groups in total. The van der Waals surface area contributed by atoms with Crippen LogP contribution in [0.25, 0.3) is 5.69 Å². The van der Waals surface area contributed by atoms with E-state index in [0.717, 1.165) is 50.3 Å². The van der Waals surface area contributed by atoms with Gasteiger partial charge in [0.25, 0.3) is 0 Å². The number of nitrogens with zero attached hydrogens (tertiary/aromatic N) is 5. The fraction of sp³-hybridized carbons (Fsp3) is 0.632. The van der Waals surface area contributed by atoms with Crippen molar-refractivity contribution in [3.8, 4) is 5.69 Å². The Morgan fingerprint density at radius 1 is 1.16 bits per heavy atom. The molecule has 1 saturated heterocycles. The zero-order valence-electron chi connectivity index (χ0n) is 14.9. The van der Waals surface area contributed by atoms with Crippen molar-refractivity contribution in [2.24, 2.45) is 5.92 Å². The van der Waals surface area contributed by atoms with Gasteiger partial charge in [0.2, 0.25) is 0 Å². The van der Waals surface area contributed by atoms with Gasteiger partial charge < -0.3 is 5.11 Å². The second-order valence-corrected chi connectivity index (χ2v) is 7.73. The first-order valence-electron chi connectivity index (χ1n) is 9.44. The third-order valence-corrected chi connectivity index (χ3v) is 6.00. The lowest BCUT2D eigenvalue weighted by Crippen LogP contribution is -2.48. The number of aromatic nitrogens is 4. The lowest BCUT2D eigenvalue weighted by atomic mass is 9.72. The summed E-state index contributed by atoms with van der Waals surface area (Å²) in [5.41, 5.74) is 0.444. The molecule has 3 atom stereocenters. The highest BCUT2D eigenvalue weighted by Gasteiger charge is 2.43.